The zero-order valence-electron chi connectivity index (χ0n) is 16.4. The van der Waals surface area contributed by atoms with E-state index in [2.05, 4.69) is 20.6 Å². The van der Waals surface area contributed by atoms with E-state index in [0.29, 0.717) is 17.3 Å². The van der Waals surface area contributed by atoms with Gasteiger partial charge in [0.25, 0.3) is 0 Å². The number of anilines is 4. The summed E-state index contributed by atoms with van der Waals surface area (Å²) in [6.07, 6.45) is 1.64. The average molecular weight is 427 g/mol. The molecule has 0 amide bonds. The number of ketones is 1. The molecule has 0 saturated heterocycles. The third-order valence-electron chi connectivity index (χ3n) is 3.95. The molecule has 9 nitrogen and oxygen atoms in total. The number of hydrogen-bond acceptors (Lipinski definition) is 8. The lowest BCUT2D eigenvalue weighted by Gasteiger charge is -2.12. The number of nitrogens with zero attached hydrogens (tertiary/aromatic N) is 2. The maximum Gasteiger partial charge on any atom is 0.238 e. The Morgan fingerprint density at radius 1 is 1.10 bits per heavy atom. The van der Waals surface area contributed by atoms with E-state index in [-0.39, 0.29) is 23.2 Å². The molecule has 0 fully saturated rings. The number of carbonyl (C=O) groups excluding carboxylic acids is 1. The first-order valence-electron chi connectivity index (χ1n) is 8.93. The fraction of sp³-hybridized carbons (Fsp3) is 0.150. The molecule has 1 aromatic heterocycles. The van der Waals surface area contributed by atoms with Crippen molar-refractivity contribution in [2.45, 2.75) is 18.7 Å². The summed E-state index contributed by atoms with van der Waals surface area (Å²) < 4.78 is 28.4. The second-order valence-corrected chi connectivity index (χ2v) is 8.12. The Kier molecular flexibility index (Phi) is 6.28. The van der Waals surface area contributed by atoms with Crippen LogP contribution in [0.15, 0.2) is 59.6 Å². The van der Waals surface area contributed by atoms with Crippen LogP contribution in [-0.2, 0) is 14.8 Å². The van der Waals surface area contributed by atoms with E-state index in [1.807, 2.05) is 6.92 Å². The van der Waals surface area contributed by atoms with Crippen molar-refractivity contribution in [1.82, 2.24) is 9.97 Å². The maximum atomic E-state index is 11.5. The third kappa shape index (κ3) is 5.75. The lowest BCUT2D eigenvalue weighted by molar-refractivity contribution is -0.118. The summed E-state index contributed by atoms with van der Waals surface area (Å²) in [5.41, 5.74) is 2.08. The van der Waals surface area contributed by atoms with Crippen molar-refractivity contribution in [3.63, 3.8) is 0 Å². The molecule has 0 unspecified atom stereocenters. The van der Waals surface area contributed by atoms with E-state index < -0.39 is 10.0 Å². The molecule has 30 heavy (non-hydrogen) atoms. The van der Waals surface area contributed by atoms with E-state index in [0.717, 1.165) is 11.3 Å². The minimum atomic E-state index is -3.81. The normalized spacial score (nSPS) is 11.0. The highest BCUT2D eigenvalue weighted by atomic mass is 32.2. The van der Waals surface area contributed by atoms with Crippen molar-refractivity contribution in [1.29, 1.82) is 0 Å². The van der Waals surface area contributed by atoms with Crippen molar-refractivity contribution in [2.24, 2.45) is 5.14 Å². The standard InChI is InChI=1S/C20H21N5O4S/c1-13-11-22-20(24-16-4-3-5-18(10-16)30(21,27)28)25-19(13)23-15-6-8-17(9-7-15)29-12-14(2)26/h3-11H,12H2,1-2H3,(H2,21,27,28)(H2,22,23,24,25). The van der Waals surface area contributed by atoms with Gasteiger partial charge >= 0.3 is 0 Å². The number of hydrogen-bond donors (Lipinski definition) is 3. The Balaban J connectivity index is 1.75. The summed E-state index contributed by atoms with van der Waals surface area (Å²) >= 11 is 0. The number of rotatable bonds is 8. The largest absolute Gasteiger partial charge is 0.486 e. The second-order valence-electron chi connectivity index (χ2n) is 6.56. The Morgan fingerprint density at radius 2 is 1.83 bits per heavy atom. The van der Waals surface area contributed by atoms with E-state index in [9.17, 15) is 13.2 Å². The van der Waals surface area contributed by atoms with Gasteiger partial charge in [0.15, 0.2) is 5.78 Å². The van der Waals surface area contributed by atoms with Crippen molar-refractivity contribution in [3.8, 4) is 5.75 Å². The van der Waals surface area contributed by atoms with Crippen LogP contribution in [0.1, 0.15) is 12.5 Å². The maximum absolute atomic E-state index is 11.5. The molecule has 0 bridgehead atoms. The van der Waals surface area contributed by atoms with Gasteiger partial charge in [-0.2, -0.15) is 4.98 Å². The average Bonchev–Trinajstić information content (AvgIpc) is 2.69. The van der Waals surface area contributed by atoms with Crippen LogP contribution < -0.4 is 20.5 Å². The molecule has 1 heterocycles. The molecule has 2 aromatic carbocycles. The highest BCUT2D eigenvalue weighted by Crippen LogP contribution is 2.23. The fourth-order valence-corrected chi connectivity index (χ4v) is 3.02. The van der Waals surface area contributed by atoms with Crippen molar-refractivity contribution >= 4 is 38.9 Å². The lowest BCUT2D eigenvalue weighted by Crippen LogP contribution is -2.12. The number of Topliss-reactive ketones (excluding diaryl/α,β-unsaturated/α-hetero) is 1. The summed E-state index contributed by atoms with van der Waals surface area (Å²) in [5, 5.41) is 11.3. The number of aromatic nitrogens is 2. The molecular formula is C20H21N5O4S. The predicted octanol–water partition coefficient (Wildman–Crippen LogP) is 2.89. The molecule has 4 N–H and O–H groups in total. The molecule has 3 rings (SSSR count). The Morgan fingerprint density at radius 3 is 2.50 bits per heavy atom. The van der Waals surface area contributed by atoms with Gasteiger partial charge in [-0.25, -0.2) is 18.5 Å². The van der Waals surface area contributed by atoms with Crippen LogP contribution in [0.2, 0.25) is 0 Å². The van der Waals surface area contributed by atoms with Gasteiger partial charge < -0.3 is 15.4 Å². The molecule has 0 radical (unpaired) electrons. The first-order valence-corrected chi connectivity index (χ1v) is 10.5. The summed E-state index contributed by atoms with van der Waals surface area (Å²) in [6.45, 7) is 3.35. The van der Waals surface area contributed by atoms with Crippen molar-refractivity contribution < 1.29 is 17.9 Å². The molecule has 0 aliphatic carbocycles. The van der Waals surface area contributed by atoms with E-state index >= 15 is 0 Å². The monoisotopic (exact) mass is 427 g/mol. The lowest BCUT2D eigenvalue weighted by atomic mass is 10.2. The molecule has 0 spiro atoms. The van der Waals surface area contributed by atoms with Gasteiger partial charge in [0.2, 0.25) is 16.0 Å². The van der Waals surface area contributed by atoms with Crippen LogP contribution >= 0.6 is 0 Å². The van der Waals surface area contributed by atoms with Gasteiger partial charge in [-0.3, -0.25) is 4.79 Å². The van der Waals surface area contributed by atoms with Crippen LogP contribution in [0.5, 0.6) is 5.75 Å². The number of aryl methyl sites for hydroxylation is 1. The minimum Gasteiger partial charge on any atom is -0.486 e. The molecule has 10 heteroatoms. The van der Waals surface area contributed by atoms with Crippen LogP contribution in [0.25, 0.3) is 0 Å². The van der Waals surface area contributed by atoms with Crippen LogP contribution in [0.3, 0.4) is 0 Å². The SMILES string of the molecule is CC(=O)COc1ccc(Nc2nc(Nc3cccc(S(N)(=O)=O)c3)ncc2C)cc1. The van der Waals surface area contributed by atoms with Crippen LogP contribution in [0.4, 0.5) is 23.1 Å². The van der Waals surface area contributed by atoms with Gasteiger partial charge in [0.1, 0.15) is 18.2 Å². The van der Waals surface area contributed by atoms with E-state index in [1.54, 1.807) is 42.6 Å². The topological polar surface area (TPSA) is 136 Å². The van der Waals surface area contributed by atoms with Gasteiger partial charge in [0, 0.05) is 23.1 Å². The van der Waals surface area contributed by atoms with Crippen LogP contribution in [0, 0.1) is 6.92 Å². The molecule has 0 saturated carbocycles. The smallest absolute Gasteiger partial charge is 0.238 e. The zero-order valence-corrected chi connectivity index (χ0v) is 17.2. The zero-order chi connectivity index (χ0) is 21.7. The molecule has 3 aromatic rings. The Hall–Kier alpha value is -3.50. The van der Waals surface area contributed by atoms with Crippen molar-refractivity contribution in [3.05, 3.63) is 60.3 Å². The highest BCUT2D eigenvalue weighted by molar-refractivity contribution is 7.89. The third-order valence-corrected chi connectivity index (χ3v) is 4.86. The molecule has 0 atom stereocenters. The summed E-state index contributed by atoms with van der Waals surface area (Å²) in [7, 11) is -3.81. The molecular weight excluding hydrogens is 406 g/mol. The van der Waals surface area contributed by atoms with Gasteiger partial charge in [0.05, 0.1) is 4.90 Å². The number of ether oxygens (including phenoxy) is 1. The summed E-state index contributed by atoms with van der Waals surface area (Å²) in [6, 6.07) is 13.2. The minimum absolute atomic E-state index is 0.00922. The van der Waals surface area contributed by atoms with Gasteiger partial charge in [-0.05, 0) is 56.3 Å². The first kappa shape index (κ1) is 21.2. The van der Waals surface area contributed by atoms with Gasteiger partial charge in [-0.15, -0.1) is 0 Å². The molecule has 0 aliphatic heterocycles. The number of nitrogens with one attached hydrogen (secondary N) is 2. The Bertz CT molecular complexity index is 1160. The molecule has 156 valence electrons. The summed E-state index contributed by atoms with van der Waals surface area (Å²) in [5.74, 6) is 1.40. The highest BCUT2D eigenvalue weighted by Gasteiger charge is 2.10. The van der Waals surface area contributed by atoms with Crippen molar-refractivity contribution in [2.75, 3.05) is 17.2 Å². The number of primary sulfonamides is 1. The fourth-order valence-electron chi connectivity index (χ4n) is 2.46. The summed E-state index contributed by atoms with van der Waals surface area (Å²) in [4.78, 5) is 19.7. The van der Waals surface area contributed by atoms with E-state index in [1.165, 1.54) is 19.1 Å². The number of nitrogens with two attached hydrogens (primary N) is 1. The molecule has 0 aliphatic rings. The Labute approximate surface area is 174 Å². The van der Waals surface area contributed by atoms with Gasteiger partial charge in [-0.1, -0.05) is 6.07 Å². The van der Waals surface area contributed by atoms with E-state index in [4.69, 9.17) is 9.88 Å². The quantitative estimate of drug-likeness (QED) is 0.499. The number of benzene rings is 2. The first-order chi connectivity index (χ1) is 14.2. The number of carbonyl (C=O) groups is 1. The predicted molar refractivity (Wildman–Crippen MR) is 114 cm³/mol. The second kappa shape index (κ2) is 8.89. The van der Waals surface area contributed by atoms with Crippen LogP contribution in [-0.4, -0.2) is 30.8 Å². The number of sulfonamides is 1.